The van der Waals surface area contributed by atoms with Gasteiger partial charge < -0.3 is 4.74 Å². The van der Waals surface area contributed by atoms with Crippen molar-refractivity contribution in [2.24, 2.45) is 0 Å². The van der Waals surface area contributed by atoms with Crippen LogP contribution in [-0.4, -0.2) is 0 Å². The van der Waals surface area contributed by atoms with E-state index in [4.69, 9.17) is 4.74 Å². The fourth-order valence-electron chi connectivity index (χ4n) is 2.13. The molecule has 5 heteroatoms. The zero-order chi connectivity index (χ0) is 14.9. The maximum atomic E-state index is 12.9. The molecule has 0 fully saturated rings. The van der Waals surface area contributed by atoms with E-state index < -0.39 is 11.7 Å². The van der Waals surface area contributed by atoms with Crippen LogP contribution in [0.4, 0.5) is 13.2 Å². The van der Waals surface area contributed by atoms with E-state index in [1.54, 1.807) is 11.3 Å². The molecular formula is C16H11F3OS. The summed E-state index contributed by atoms with van der Waals surface area (Å²) in [6.07, 6.45) is -4.41. The van der Waals surface area contributed by atoms with Crippen LogP contribution in [0.2, 0.25) is 0 Å². The summed E-state index contributed by atoms with van der Waals surface area (Å²) >= 11 is 1.56. The molecule has 108 valence electrons. The number of fused-ring (bicyclic) bond motifs is 1. The summed E-state index contributed by atoms with van der Waals surface area (Å²) in [5, 5.41) is 2.94. The van der Waals surface area contributed by atoms with E-state index in [1.807, 2.05) is 29.6 Å². The predicted molar refractivity (Wildman–Crippen MR) is 77.6 cm³/mol. The summed E-state index contributed by atoms with van der Waals surface area (Å²) in [6, 6.07) is 13.0. The topological polar surface area (TPSA) is 9.23 Å². The number of halogens is 3. The maximum Gasteiger partial charge on any atom is 0.419 e. The number of para-hydroxylation sites is 1. The Hall–Kier alpha value is -2.01. The van der Waals surface area contributed by atoms with Crippen molar-refractivity contribution < 1.29 is 17.9 Å². The highest BCUT2D eigenvalue weighted by Gasteiger charge is 2.34. The molecule has 0 saturated heterocycles. The molecule has 1 aromatic heterocycles. The smallest absolute Gasteiger partial charge is 0.419 e. The summed E-state index contributed by atoms with van der Waals surface area (Å²) in [7, 11) is 0. The van der Waals surface area contributed by atoms with Crippen molar-refractivity contribution in [1.82, 2.24) is 0 Å². The van der Waals surface area contributed by atoms with Gasteiger partial charge in [-0.05, 0) is 29.0 Å². The molecule has 0 aliphatic heterocycles. The van der Waals surface area contributed by atoms with E-state index in [2.05, 4.69) is 0 Å². The Morgan fingerprint density at radius 3 is 2.48 bits per heavy atom. The van der Waals surface area contributed by atoms with E-state index in [-0.39, 0.29) is 12.4 Å². The molecule has 0 saturated carbocycles. The Balaban J connectivity index is 1.86. The van der Waals surface area contributed by atoms with Gasteiger partial charge in [0.1, 0.15) is 12.4 Å². The van der Waals surface area contributed by atoms with Gasteiger partial charge in [-0.3, -0.25) is 0 Å². The van der Waals surface area contributed by atoms with Crippen LogP contribution in [0.1, 0.15) is 11.1 Å². The van der Waals surface area contributed by atoms with Crippen molar-refractivity contribution in [2.75, 3.05) is 0 Å². The molecule has 21 heavy (non-hydrogen) atoms. The van der Waals surface area contributed by atoms with E-state index in [0.29, 0.717) is 0 Å². The van der Waals surface area contributed by atoms with Crippen LogP contribution in [-0.2, 0) is 12.8 Å². The molecule has 0 atom stereocenters. The second kappa shape index (κ2) is 5.41. The highest BCUT2D eigenvalue weighted by Crippen LogP contribution is 2.36. The Bertz CT molecular complexity index is 761. The molecule has 1 nitrogen and oxygen atoms in total. The van der Waals surface area contributed by atoms with Gasteiger partial charge in [0.15, 0.2) is 0 Å². The highest BCUT2D eigenvalue weighted by molar-refractivity contribution is 7.17. The van der Waals surface area contributed by atoms with Gasteiger partial charge in [0, 0.05) is 10.3 Å². The van der Waals surface area contributed by atoms with Crippen molar-refractivity contribution in [3.05, 3.63) is 65.0 Å². The minimum Gasteiger partial charge on any atom is -0.488 e. The first-order valence-electron chi connectivity index (χ1n) is 6.30. The fourth-order valence-corrected chi connectivity index (χ4v) is 3.07. The summed E-state index contributed by atoms with van der Waals surface area (Å²) in [4.78, 5) is 0. The zero-order valence-corrected chi connectivity index (χ0v) is 11.7. The van der Waals surface area contributed by atoms with Crippen molar-refractivity contribution in [1.29, 1.82) is 0 Å². The summed E-state index contributed by atoms with van der Waals surface area (Å²) in [5.74, 6) is -0.139. The third-order valence-electron chi connectivity index (χ3n) is 3.14. The van der Waals surface area contributed by atoms with Crippen LogP contribution in [0.25, 0.3) is 10.1 Å². The molecular weight excluding hydrogens is 297 g/mol. The third-order valence-corrected chi connectivity index (χ3v) is 4.15. The van der Waals surface area contributed by atoms with E-state index in [9.17, 15) is 13.2 Å². The Kier molecular flexibility index (Phi) is 3.59. The lowest BCUT2D eigenvalue weighted by atomic mass is 10.2. The second-order valence-corrected chi connectivity index (χ2v) is 5.45. The van der Waals surface area contributed by atoms with Crippen molar-refractivity contribution >= 4 is 21.4 Å². The molecule has 3 rings (SSSR count). The molecule has 1 heterocycles. The Labute approximate surface area is 123 Å². The van der Waals surface area contributed by atoms with Gasteiger partial charge in [-0.1, -0.05) is 30.3 Å². The number of ether oxygens (including phenoxy) is 1. The Morgan fingerprint density at radius 1 is 0.952 bits per heavy atom. The van der Waals surface area contributed by atoms with E-state index in [0.717, 1.165) is 21.7 Å². The third kappa shape index (κ3) is 2.88. The first kappa shape index (κ1) is 13.9. The summed E-state index contributed by atoms with van der Waals surface area (Å²) < 4.78 is 45.2. The molecule has 0 radical (unpaired) electrons. The lowest BCUT2D eigenvalue weighted by Crippen LogP contribution is -2.08. The van der Waals surface area contributed by atoms with Crippen LogP contribution in [0, 0.1) is 0 Å². The largest absolute Gasteiger partial charge is 0.488 e. The normalized spacial score (nSPS) is 11.8. The van der Waals surface area contributed by atoms with E-state index in [1.165, 1.54) is 18.2 Å². The molecule has 0 aliphatic rings. The van der Waals surface area contributed by atoms with Gasteiger partial charge >= 0.3 is 6.18 Å². The second-order valence-electron chi connectivity index (χ2n) is 4.54. The number of hydrogen-bond acceptors (Lipinski definition) is 2. The molecule has 0 aliphatic carbocycles. The van der Waals surface area contributed by atoms with Crippen molar-refractivity contribution in [2.45, 2.75) is 12.8 Å². The van der Waals surface area contributed by atoms with E-state index >= 15 is 0 Å². The minimum atomic E-state index is -4.41. The van der Waals surface area contributed by atoms with Crippen LogP contribution < -0.4 is 4.74 Å². The van der Waals surface area contributed by atoms with Gasteiger partial charge in [-0.2, -0.15) is 13.2 Å². The quantitative estimate of drug-likeness (QED) is 0.621. The van der Waals surface area contributed by atoms with Crippen LogP contribution in [0.15, 0.2) is 53.9 Å². The monoisotopic (exact) mass is 308 g/mol. The number of alkyl halides is 3. The molecule has 0 spiro atoms. The molecule has 0 unspecified atom stereocenters. The van der Waals surface area contributed by atoms with Gasteiger partial charge in [0.05, 0.1) is 5.56 Å². The van der Waals surface area contributed by atoms with Crippen molar-refractivity contribution in [3.8, 4) is 5.75 Å². The minimum absolute atomic E-state index is 0.122. The molecule has 0 N–H and O–H groups in total. The first-order chi connectivity index (χ1) is 10.1. The SMILES string of the molecule is FC(F)(F)c1ccccc1OCc1csc2ccccc12. The van der Waals surface area contributed by atoms with Gasteiger partial charge in [-0.25, -0.2) is 0 Å². The van der Waals surface area contributed by atoms with Crippen LogP contribution in [0.5, 0.6) is 5.75 Å². The lowest BCUT2D eigenvalue weighted by molar-refractivity contribution is -0.139. The highest BCUT2D eigenvalue weighted by atomic mass is 32.1. The summed E-state index contributed by atoms with van der Waals surface area (Å²) in [6.45, 7) is 0.122. The summed E-state index contributed by atoms with van der Waals surface area (Å²) in [5.41, 5.74) is 0.150. The maximum absolute atomic E-state index is 12.9. The number of benzene rings is 2. The first-order valence-corrected chi connectivity index (χ1v) is 7.18. The fraction of sp³-hybridized carbons (Fsp3) is 0.125. The number of thiophene rings is 1. The van der Waals surface area contributed by atoms with Crippen LogP contribution in [0.3, 0.4) is 0 Å². The molecule has 0 bridgehead atoms. The average Bonchev–Trinajstić information content (AvgIpc) is 2.88. The van der Waals surface area contributed by atoms with Gasteiger partial charge in [0.2, 0.25) is 0 Å². The lowest BCUT2D eigenvalue weighted by Gasteiger charge is -2.13. The van der Waals surface area contributed by atoms with Crippen molar-refractivity contribution in [3.63, 3.8) is 0 Å². The number of rotatable bonds is 3. The van der Waals surface area contributed by atoms with Gasteiger partial charge in [0.25, 0.3) is 0 Å². The Morgan fingerprint density at radius 2 is 1.67 bits per heavy atom. The molecule has 2 aromatic carbocycles. The van der Waals surface area contributed by atoms with Gasteiger partial charge in [-0.15, -0.1) is 11.3 Å². The number of hydrogen-bond donors (Lipinski definition) is 0. The average molecular weight is 308 g/mol. The predicted octanol–water partition coefficient (Wildman–Crippen LogP) is 5.50. The standard InChI is InChI=1S/C16H11F3OS/c17-16(18,19)13-6-2-3-7-14(13)20-9-11-10-21-15-8-4-1-5-12(11)15/h1-8,10H,9H2. The van der Waals surface area contributed by atoms with Crippen LogP contribution >= 0.6 is 11.3 Å². The molecule has 0 amide bonds. The zero-order valence-electron chi connectivity index (χ0n) is 10.9. The molecule has 3 aromatic rings.